The van der Waals surface area contributed by atoms with E-state index in [1.807, 2.05) is 6.07 Å². The van der Waals surface area contributed by atoms with Crippen LogP contribution in [0.4, 0.5) is 0 Å². The minimum Gasteiger partial charge on any atom is -0.477 e. The van der Waals surface area contributed by atoms with Gasteiger partial charge in [-0.15, -0.1) is 0 Å². The van der Waals surface area contributed by atoms with Gasteiger partial charge < -0.3 is 10.0 Å². The summed E-state index contributed by atoms with van der Waals surface area (Å²) in [5.41, 5.74) is 1.58. The van der Waals surface area contributed by atoms with Crippen LogP contribution in [0.25, 0.3) is 11.3 Å². The number of nitrogens with zero attached hydrogens (tertiary/aromatic N) is 4. The first-order valence-electron chi connectivity index (χ1n) is 10.0. The summed E-state index contributed by atoms with van der Waals surface area (Å²) >= 11 is 12.0. The van der Waals surface area contributed by atoms with Crippen molar-refractivity contribution in [2.45, 2.75) is 13.0 Å². The van der Waals surface area contributed by atoms with Crippen LogP contribution in [0.5, 0.6) is 0 Å². The highest BCUT2D eigenvalue weighted by Gasteiger charge is 2.30. The quantitative estimate of drug-likeness (QED) is 0.480. The third-order valence-corrected chi connectivity index (χ3v) is 6.43. The Bertz CT molecular complexity index is 1490. The number of hydrogen-bond donors (Lipinski definition) is 1. The number of hydrogen-bond acceptors (Lipinski definition) is 4. The molecule has 8 nitrogen and oxygen atoms in total. The highest BCUT2D eigenvalue weighted by Crippen LogP contribution is 2.26. The fraction of sp³-hybridized carbons (Fsp3) is 0.130. The Morgan fingerprint density at radius 3 is 2.48 bits per heavy atom. The highest BCUT2D eigenvalue weighted by atomic mass is 35.5. The maximum atomic E-state index is 13.5. The molecular formula is C23H16Cl2N4O4. The van der Waals surface area contributed by atoms with E-state index in [-0.39, 0.29) is 34.2 Å². The van der Waals surface area contributed by atoms with Crippen LogP contribution in [0.3, 0.4) is 0 Å². The largest absolute Gasteiger partial charge is 0.477 e. The molecule has 5 rings (SSSR count). The summed E-state index contributed by atoms with van der Waals surface area (Å²) in [4.78, 5) is 40.1. The Hall–Kier alpha value is -3.62. The molecule has 2 aromatic heterocycles. The SMILES string of the molecule is O=C(O)c1cnn2c3c(c(=O)n(-c4ccccc4)c12)CCN(C(=O)c1ccc(Cl)c(Cl)c1)C3. The van der Waals surface area contributed by atoms with Gasteiger partial charge in [-0.25, -0.2) is 9.31 Å². The number of carbonyl (C=O) groups is 2. The minimum absolute atomic E-state index is 0.0938. The monoisotopic (exact) mass is 482 g/mol. The summed E-state index contributed by atoms with van der Waals surface area (Å²) in [6.07, 6.45) is 1.52. The summed E-state index contributed by atoms with van der Waals surface area (Å²) in [7, 11) is 0. The lowest BCUT2D eigenvalue weighted by molar-refractivity contribution is 0.0695. The van der Waals surface area contributed by atoms with Crippen LogP contribution in [0, 0.1) is 0 Å². The summed E-state index contributed by atoms with van der Waals surface area (Å²) < 4.78 is 2.81. The standard InChI is InChI=1S/C23H16Cl2N4O4/c24-17-7-6-13(10-18(17)25)21(30)27-9-8-15-19(12-27)29-20(16(11-26-29)23(32)33)28(22(15)31)14-4-2-1-3-5-14/h1-7,10-11H,8-9,12H2,(H,32,33). The first kappa shape index (κ1) is 21.2. The molecule has 0 radical (unpaired) electrons. The van der Waals surface area contributed by atoms with Crippen LogP contribution in [0.15, 0.2) is 59.5 Å². The van der Waals surface area contributed by atoms with Gasteiger partial charge in [0.2, 0.25) is 0 Å². The van der Waals surface area contributed by atoms with Crippen LogP contribution in [0.1, 0.15) is 32.0 Å². The first-order valence-corrected chi connectivity index (χ1v) is 10.8. The predicted octanol–water partition coefficient (Wildman–Crippen LogP) is 3.69. The number of carboxylic acid groups (broad SMARTS) is 1. The zero-order valence-electron chi connectivity index (χ0n) is 17.0. The van der Waals surface area contributed by atoms with Crippen LogP contribution in [0.2, 0.25) is 10.0 Å². The molecule has 0 aliphatic carbocycles. The third kappa shape index (κ3) is 3.48. The molecule has 4 aromatic rings. The van der Waals surface area contributed by atoms with Gasteiger partial charge in [-0.1, -0.05) is 41.4 Å². The minimum atomic E-state index is -1.20. The number of aromatic nitrogens is 3. The summed E-state index contributed by atoms with van der Waals surface area (Å²) in [6.45, 7) is 0.408. The van der Waals surface area contributed by atoms with Crippen molar-refractivity contribution < 1.29 is 14.7 Å². The Morgan fingerprint density at radius 2 is 1.79 bits per heavy atom. The Kier molecular flexibility index (Phi) is 5.19. The molecule has 2 aromatic carbocycles. The number of benzene rings is 2. The number of rotatable bonds is 3. The second-order valence-electron chi connectivity index (χ2n) is 7.61. The Labute approximate surface area is 197 Å². The molecule has 0 spiro atoms. The summed E-state index contributed by atoms with van der Waals surface area (Å²) in [5, 5.41) is 14.6. The fourth-order valence-electron chi connectivity index (χ4n) is 4.11. The van der Waals surface area contributed by atoms with E-state index in [1.165, 1.54) is 21.3 Å². The molecule has 3 heterocycles. The molecule has 33 heavy (non-hydrogen) atoms. The van der Waals surface area contributed by atoms with Crippen molar-refractivity contribution in [2.75, 3.05) is 6.54 Å². The Morgan fingerprint density at radius 1 is 1.03 bits per heavy atom. The Balaban J connectivity index is 1.66. The lowest BCUT2D eigenvalue weighted by Crippen LogP contribution is -2.41. The second-order valence-corrected chi connectivity index (χ2v) is 8.42. The van der Waals surface area contributed by atoms with Crippen molar-refractivity contribution in [1.29, 1.82) is 0 Å². The van der Waals surface area contributed by atoms with Crippen molar-refractivity contribution in [1.82, 2.24) is 19.1 Å². The van der Waals surface area contributed by atoms with Gasteiger partial charge in [-0.05, 0) is 36.8 Å². The molecule has 10 heteroatoms. The molecule has 1 aliphatic heterocycles. The molecule has 1 amide bonds. The summed E-state index contributed by atoms with van der Waals surface area (Å²) in [6, 6.07) is 13.5. The molecule has 0 bridgehead atoms. The van der Waals surface area contributed by atoms with Crippen molar-refractivity contribution in [3.8, 4) is 5.69 Å². The van der Waals surface area contributed by atoms with E-state index in [0.29, 0.717) is 40.5 Å². The lowest BCUT2D eigenvalue weighted by Gasteiger charge is -2.29. The van der Waals surface area contributed by atoms with Crippen molar-refractivity contribution in [2.24, 2.45) is 0 Å². The molecular weight excluding hydrogens is 467 g/mol. The van der Waals surface area contributed by atoms with Gasteiger partial charge in [0.25, 0.3) is 11.5 Å². The van der Waals surface area contributed by atoms with Crippen molar-refractivity contribution >= 4 is 40.7 Å². The van der Waals surface area contributed by atoms with E-state index in [9.17, 15) is 19.5 Å². The number of aromatic carboxylic acids is 1. The predicted molar refractivity (Wildman–Crippen MR) is 123 cm³/mol. The number of fused-ring (bicyclic) bond motifs is 3. The lowest BCUT2D eigenvalue weighted by atomic mass is 10.0. The van der Waals surface area contributed by atoms with Gasteiger partial charge in [0.1, 0.15) is 5.56 Å². The second kappa shape index (κ2) is 8.06. The van der Waals surface area contributed by atoms with Gasteiger partial charge in [0.15, 0.2) is 5.65 Å². The third-order valence-electron chi connectivity index (χ3n) is 5.69. The molecule has 0 saturated heterocycles. The maximum Gasteiger partial charge on any atom is 0.341 e. The average Bonchev–Trinajstić information content (AvgIpc) is 3.26. The number of amides is 1. The number of para-hydroxylation sites is 1. The van der Waals surface area contributed by atoms with Crippen molar-refractivity contribution in [3.63, 3.8) is 0 Å². The molecule has 1 aliphatic rings. The molecule has 0 saturated carbocycles. The number of carboxylic acids is 1. The van der Waals surface area contributed by atoms with Crippen LogP contribution < -0.4 is 5.56 Å². The zero-order valence-corrected chi connectivity index (χ0v) is 18.5. The topological polar surface area (TPSA) is 96.9 Å². The van der Waals surface area contributed by atoms with E-state index in [4.69, 9.17) is 23.2 Å². The average molecular weight is 483 g/mol. The highest BCUT2D eigenvalue weighted by molar-refractivity contribution is 6.42. The first-order chi connectivity index (χ1) is 15.9. The van der Waals surface area contributed by atoms with Crippen LogP contribution >= 0.6 is 23.2 Å². The maximum absolute atomic E-state index is 13.5. The number of carbonyl (C=O) groups excluding carboxylic acids is 1. The van der Waals surface area contributed by atoms with E-state index >= 15 is 0 Å². The van der Waals surface area contributed by atoms with Gasteiger partial charge >= 0.3 is 5.97 Å². The van der Waals surface area contributed by atoms with Crippen LogP contribution in [-0.2, 0) is 13.0 Å². The van der Waals surface area contributed by atoms with Crippen molar-refractivity contribution in [3.05, 3.63) is 97.5 Å². The van der Waals surface area contributed by atoms with Gasteiger partial charge in [-0.3, -0.25) is 14.2 Å². The van der Waals surface area contributed by atoms with Crippen LogP contribution in [-0.4, -0.2) is 42.6 Å². The van der Waals surface area contributed by atoms with E-state index in [1.54, 1.807) is 41.3 Å². The molecule has 0 atom stereocenters. The normalized spacial score (nSPS) is 13.2. The van der Waals surface area contributed by atoms with Gasteiger partial charge in [0.05, 0.1) is 34.2 Å². The summed E-state index contributed by atoms with van der Waals surface area (Å²) in [5.74, 6) is -1.47. The number of halogens is 2. The molecule has 166 valence electrons. The van der Waals surface area contributed by atoms with Gasteiger partial charge in [-0.2, -0.15) is 5.10 Å². The van der Waals surface area contributed by atoms with E-state index < -0.39 is 5.97 Å². The molecule has 0 fully saturated rings. The zero-order chi connectivity index (χ0) is 23.3. The van der Waals surface area contributed by atoms with E-state index in [0.717, 1.165) is 0 Å². The molecule has 1 N–H and O–H groups in total. The van der Waals surface area contributed by atoms with Gasteiger partial charge in [0, 0.05) is 17.7 Å². The molecule has 0 unspecified atom stereocenters. The smallest absolute Gasteiger partial charge is 0.341 e. The fourth-order valence-corrected chi connectivity index (χ4v) is 4.41. The van der Waals surface area contributed by atoms with E-state index in [2.05, 4.69) is 5.10 Å².